The van der Waals surface area contributed by atoms with E-state index in [0.717, 1.165) is 16.6 Å². The van der Waals surface area contributed by atoms with Gasteiger partial charge >= 0.3 is 0 Å². The van der Waals surface area contributed by atoms with E-state index in [0.29, 0.717) is 12.4 Å². The highest BCUT2D eigenvalue weighted by Gasteiger charge is 2.11. The summed E-state index contributed by atoms with van der Waals surface area (Å²) in [6, 6.07) is 0. The van der Waals surface area contributed by atoms with Gasteiger partial charge in [0.05, 0.1) is 12.7 Å². The molecule has 70 valence electrons. The van der Waals surface area contributed by atoms with Crippen molar-refractivity contribution < 1.29 is 4.74 Å². The summed E-state index contributed by atoms with van der Waals surface area (Å²) in [5, 5.41) is 0. The Morgan fingerprint density at radius 1 is 1.57 bits per heavy atom. The van der Waals surface area contributed by atoms with Gasteiger partial charge in [0.15, 0.2) is 0 Å². The zero-order valence-corrected chi connectivity index (χ0v) is 7.61. The number of ether oxygens (including phenoxy) is 1. The lowest BCUT2D eigenvalue weighted by atomic mass is 10.3. The van der Waals surface area contributed by atoms with Gasteiger partial charge < -0.3 is 14.6 Å². The van der Waals surface area contributed by atoms with Crippen LogP contribution in [0.3, 0.4) is 0 Å². The molecular formula is C9H8N4O. The van der Waals surface area contributed by atoms with Crippen LogP contribution in [0.2, 0.25) is 0 Å². The maximum absolute atomic E-state index is 6.79. The fourth-order valence-corrected chi connectivity index (χ4v) is 1.33. The van der Waals surface area contributed by atoms with Gasteiger partial charge in [-0.25, -0.2) is 11.6 Å². The highest BCUT2D eigenvalue weighted by atomic mass is 16.5. The third-order valence-electron chi connectivity index (χ3n) is 1.95. The Kier molecular flexibility index (Phi) is 2.03. The fourth-order valence-electron chi connectivity index (χ4n) is 1.33. The van der Waals surface area contributed by atoms with E-state index in [1.54, 1.807) is 13.3 Å². The summed E-state index contributed by atoms with van der Waals surface area (Å²) in [4.78, 5) is 14.4. The highest BCUT2D eigenvalue weighted by Crippen LogP contribution is 2.22. The van der Waals surface area contributed by atoms with Crippen molar-refractivity contribution in [2.75, 3.05) is 7.11 Å². The molecule has 0 spiro atoms. The molecule has 0 bridgehead atoms. The summed E-state index contributed by atoms with van der Waals surface area (Å²) in [6.07, 6.45) is 3.20. The van der Waals surface area contributed by atoms with Crippen molar-refractivity contribution >= 4 is 11.0 Å². The van der Waals surface area contributed by atoms with Crippen molar-refractivity contribution in [3.05, 3.63) is 29.5 Å². The zero-order chi connectivity index (χ0) is 9.97. The molecule has 0 fully saturated rings. The minimum absolute atomic E-state index is 0.320. The van der Waals surface area contributed by atoms with Crippen LogP contribution in [-0.4, -0.2) is 22.1 Å². The number of nitrogens with zero attached hydrogens (tertiary/aromatic N) is 3. The van der Waals surface area contributed by atoms with E-state index in [2.05, 4.69) is 19.8 Å². The average molecular weight is 188 g/mol. The molecule has 0 aromatic carbocycles. The lowest BCUT2D eigenvalue weighted by Gasteiger charge is -1.97. The Labute approximate surface area is 80.6 Å². The molecular weight excluding hydrogens is 180 g/mol. The average Bonchev–Trinajstić information content (AvgIpc) is 2.62. The third kappa shape index (κ3) is 1.17. The van der Waals surface area contributed by atoms with Gasteiger partial charge in [-0.2, -0.15) is 4.98 Å². The lowest BCUT2D eigenvalue weighted by Crippen LogP contribution is -1.90. The Morgan fingerprint density at radius 2 is 2.43 bits per heavy atom. The van der Waals surface area contributed by atoms with E-state index >= 15 is 0 Å². The number of aromatic amines is 1. The first-order valence-corrected chi connectivity index (χ1v) is 4.05. The van der Waals surface area contributed by atoms with Crippen LogP contribution < -0.4 is 4.74 Å². The van der Waals surface area contributed by atoms with Crippen LogP contribution in [0.15, 0.2) is 12.5 Å². The molecule has 0 atom stereocenters. The zero-order valence-electron chi connectivity index (χ0n) is 7.61. The number of H-pyrrole nitrogens is 1. The molecule has 0 aliphatic carbocycles. The van der Waals surface area contributed by atoms with E-state index in [4.69, 9.17) is 11.3 Å². The van der Waals surface area contributed by atoms with Gasteiger partial charge in [-0.3, -0.25) is 0 Å². The number of rotatable bonds is 2. The second-order valence-corrected chi connectivity index (χ2v) is 2.74. The first-order valence-electron chi connectivity index (χ1n) is 4.05. The number of methoxy groups -OCH3 is 1. The highest BCUT2D eigenvalue weighted by molar-refractivity contribution is 5.82. The van der Waals surface area contributed by atoms with Crippen LogP contribution in [-0.2, 0) is 6.54 Å². The fraction of sp³-hybridized carbons (Fsp3) is 0.222. The second-order valence-electron chi connectivity index (χ2n) is 2.74. The molecule has 0 aliphatic heterocycles. The predicted molar refractivity (Wildman–Crippen MR) is 50.7 cm³/mol. The molecule has 2 aromatic heterocycles. The van der Waals surface area contributed by atoms with Gasteiger partial charge in [0, 0.05) is 6.20 Å². The second kappa shape index (κ2) is 3.34. The minimum atomic E-state index is 0.320. The van der Waals surface area contributed by atoms with E-state index in [9.17, 15) is 0 Å². The van der Waals surface area contributed by atoms with Crippen molar-refractivity contribution in [1.29, 1.82) is 0 Å². The molecule has 0 saturated carbocycles. The molecule has 5 nitrogen and oxygen atoms in total. The van der Waals surface area contributed by atoms with Gasteiger partial charge in [-0.05, 0) is 0 Å². The topological polar surface area (TPSA) is 55.2 Å². The van der Waals surface area contributed by atoms with Gasteiger partial charge in [0.2, 0.25) is 12.4 Å². The van der Waals surface area contributed by atoms with E-state index in [1.807, 2.05) is 0 Å². The molecule has 14 heavy (non-hydrogen) atoms. The summed E-state index contributed by atoms with van der Waals surface area (Å²) < 4.78 is 5.06. The van der Waals surface area contributed by atoms with Crippen molar-refractivity contribution in [2.45, 2.75) is 6.54 Å². The standard InChI is InChI=1S/C9H8N4O/c1-10-3-6-4-11-8-7(6)12-5-13-9(8)14-2/h4-5,11H,3H2,2H3. The molecule has 5 heteroatoms. The summed E-state index contributed by atoms with van der Waals surface area (Å²) in [5.41, 5.74) is 2.37. The Balaban J connectivity index is 2.64. The summed E-state index contributed by atoms with van der Waals surface area (Å²) >= 11 is 0. The normalized spacial score (nSPS) is 10.0. The molecule has 0 saturated heterocycles. The van der Waals surface area contributed by atoms with E-state index in [1.165, 1.54) is 6.33 Å². The van der Waals surface area contributed by atoms with Crippen molar-refractivity contribution in [1.82, 2.24) is 15.0 Å². The van der Waals surface area contributed by atoms with Crippen molar-refractivity contribution in [3.8, 4) is 5.88 Å². The SMILES string of the molecule is [C-]#[N+]Cc1c[nH]c2c(OC)ncnc12. The maximum Gasteiger partial charge on any atom is 0.243 e. The van der Waals surface area contributed by atoms with E-state index in [-0.39, 0.29) is 0 Å². The van der Waals surface area contributed by atoms with Gasteiger partial charge in [-0.1, -0.05) is 0 Å². The molecule has 2 heterocycles. The van der Waals surface area contributed by atoms with Crippen molar-refractivity contribution in [2.24, 2.45) is 0 Å². The molecule has 2 aromatic rings. The largest absolute Gasteiger partial charge is 0.479 e. The maximum atomic E-state index is 6.79. The first-order chi connectivity index (χ1) is 6.86. The molecule has 0 aliphatic rings. The monoisotopic (exact) mass is 188 g/mol. The molecule has 0 radical (unpaired) electrons. The van der Waals surface area contributed by atoms with Crippen LogP contribution in [0.25, 0.3) is 15.9 Å². The number of hydrogen-bond donors (Lipinski definition) is 1. The van der Waals surface area contributed by atoms with Gasteiger partial charge in [0.25, 0.3) is 0 Å². The minimum Gasteiger partial charge on any atom is -0.479 e. The number of hydrogen-bond acceptors (Lipinski definition) is 3. The number of nitrogens with one attached hydrogen (secondary N) is 1. The molecule has 2 rings (SSSR count). The molecule has 1 N–H and O–H groups in total. The number of aromatic nitrogens is 3. The van der Waals surface area contributed by atoms with Crippen LogP contribution in [0.5, 0.6) is 5.88 Å². The Hall–Kier alpha value is -2.09. The quantitative estimate of drug-likeness (QED) is 0.724. The summed E-state index contributed by atoms with van der Waals surface area (Å²) in [6.45, 7) is 7.11. The van der Waals surface area contributed by atoms with Crippen LogP contribution >= 0.6 is 0 Å². The van der Waals surface area contributed by atoms with Crippen LogP contribution in [0.1, 0.15) is 5.56 Å². The van der Waals surface area contributed by atoms with Crippen molar-refractivity contribution in [3.63, 3.8) is 0 Å². The Bertz CT molecular complexity index is 497. The first kappa shape index (κ1) is 8.51. The van der Waals surface area contributed by atoms with E-state index < -0.39 is 0 Å². The predicted octanol–water partition coefficient (Wildman–Crippen LogP) is 1.39. The Morgan fingerprint density at radius 3 is 3.14 bits per heavy atom. The van der Waals surface area contributed by atoms with Crippen LogP contribution in [0, 0.1) is 6.57 Å². The lowest BCUT2D eigenvalue weighted by molar-refractivity contribution is 0.402. The number of fused-ring (bicyclic) bond motifs is 1. The van der Waals surface area contributed by atoms with Gasteiger partial charge in [-0.15, -0.1) is 0 Å². The van der Waals surface area contributed by atoms with Gasteiger partial charge in [0.1, 0.15) is 17.4 Å². The smallest absolute Gasteiger partial charge is 0.243 e. The molecule has 0 amide bonds. The third-order valence-corrected chi connectivity index (χ3v) is 1.95. The van der Waals surface area contributed by atoms with Crippen LogP contribution in [0.4, 0.5) is 0 Å². The summed E-state index contributed by atoms with van der Waals surface area (Å²) in [7, 11) is 1.55. The molecule has 0 unspecified atom stereocenters. The summed E-state index contributed by atoms with van der Waals surface area (Å²) in [5.74, 6) is 0.506.